The van der Waals surface area contributed by atoms with Crippen LogP contribution in [0.1, 0.15) is 10.4 Å². The number of nitrogens with one attached hydrogen (secondary N) is 1. The van der Waals surface area contributed by atoms with Crippen LogP contribution in [0.5, 0.6) is 0 Å². The molecular formula is C14H11N3O2. The van der Waals surface area contributed by atoms with Gasteiger partial charge in [-0.1, -0.05) is 6.07 Å². The number of hydrogen-bond acceptors (Lipinski definition) is 4. The highest BCUT2D eigenvalue weighted by Crippen LogP contribution is 2.27. The zero-order valence-electron chi connectivity index (χ0n) is 10.3. The lowest BCUT2D eigenvalue weighted by Gasteiger charge is -2.05. The second-order valence-electron chi connectivity index (χ2n) is 4.06. The molecule has 0 aliphatic heterocycles. The average Bonchev–Trinajstić information content (AvgIpc) is 2.94. The van der Waals surface area contributed by atoms with E-state index in [9.17, 15) is 4.79 Å². The normalized spacial score (nSPS) is 10.6. The summed E-state index contributed by atoms with van der Waals surface area (Å²) in [6.45, 7) is 0. The molecule has 0 amide bonds. The van der Waals surface area contributed by atoms with E-state index in [4.69, 9.17) is 4.74 Å². The number of esters is 1. The predicted molar refractivity (Wildman–Crippen MR) is 70.7 cm³/mol. The summed E-state index contributed by atoms with van der Waals surface area (Å²) in [6.07, 6.45) is 5.05. The van der Waals surface area contributed by atoms with Crippen molar-refractivity contribution in [3.8, 4) is 11.1 Å². The topological polar surface area (TPSA) is 67.9 Å². The van der Waals surface area contributed by atoms with Gasteiger partial charge in [-0.25, -0.2) is 9.78 Å². The van der Waals surface area contributed by atoms with E-state index in [-0.39, 0.29) is 5.97 Å². The molecule has 19 heavy (non-hydrogen) atoms. The number of nitrogens with zero attached hydrogens (tertiary/aromatic N) is 2. The molecule has 0 aliphatic carbocycles. The van der Waals surface area contributed by atoms with E-state index in [1.54, 1.807) is 30.9 Å². The number of fused-ring (bicyclic) bond motifs is 1. The molecule has 3 aromatic rings. The van der Waals surface area contributed by atoms with Crippen LogP contribution >= 0.6 is 0 Å². The van der Waals surface area contributed by atoms with Gasteiger partial charge in [0, 0.05) is 23.5 Å². The molecule has 5 nitrogen and oxygen atoms in total. The Balaban J connectivity index is 2.27. The number of pyridine rings is 1. The molecule has 0 unspecified atom stereocenters. The van der Waals surface area contributed by atoms with Gasteiger partial charge in [-0.05, 0) is 18.2 Å². The molecule has 0 aliphatic rings. The van der Waals surface area contributed by atoms with Crippen molar-refractivity contribution in [3.63, 3.8) is 0 Å². The first-order valence-electron chi connectivity index (χ1n) is 5.75. The van der Waals surface area contributed by atoms with Crippen molar-refractivity contribution in [1.29, 1.82) is 0 Å². The van der Waals surface area contributed by atoms with Gasteiger partial charge in [-0.3, -0.25) is 4.98 Å². The van der Waals surface area contributed by atoms with Crippen molar-refractivity contribution >= 4 is 17.0 Å². The molecule has 5 heteroatoms. The first-order valence-corrected chi connectivity index (χ1v) is 5.75. The highest BCUT2D eigenvalue weighted by atomic mass is 16.5. The molecule has 94 valence electrons. The van der Waals surface area contributed by atoms with E-state index in [0.717, 1.165) is 22.2 Å². The number of ether oxygens (including phenoxy) is 1. The summed E-state index contributed by atoms with van der Waals surface area (Å²) in [5.74, 6) is -0.373. The monoisotopic (exact) mass is 253 g/mol. The molecule has 3 rings (SSSR count). The SMILES string of the molecule is COC(=O)c1cc(-c2cccnc2)c2nc[nH]c2c1. The summed E-state index contributed by atoms with van der Waals surface area (Å²) in [5, 5.41) is 0. The van der Waals surface area contributed by atoms with Crippen LogP contribution < -0.4 is 0 Å². The average molecular weight is 253 g/mol. The molecule has 0 atom stereocenters. The molecule has 0 radical (unpaired) electrons. The summed E-state index contributed by atoms with van der Waals surface area (Å²) in [5.41, 5.74) is 3.85. The number of hydrogen-bond donors (Lipinski definition) is 1. The standard InChI is InChI=1S/C14H11N3O2/c1-19-14(18)10-5-11(9-3-2-4-15-7-9)13-12(6-10)16-8-17-13/h2-8H,1H3,(H,16,17). The maximum absolute atomic E-state index is 11.7. The number of carbonyl (C=O) groups is 1. The van der Waals surface area contributed by atoms with E-state index in [0.29, 0.717) is 5.56 Å². The van der Waals surface area contributed by atoms with Gasteiger partial charge in [-0.2, -0.15) is 0 Å². The first-order chi connectivity index (χ1) is 9.29. The van der Waals surface area contributed by atoms with Gasteiger partial charge >= 0.3 is 5.97 Å². The minimum atomic E-state index is -0.373. The smallest absolute Gasteiger partial charge is 0.337 e. The van der Waals surface area contributed by atoms with Gasteiger partial charge in [0.2, 0.25) is 0 Å². The number of methoxy groups -OCH3 is 1. The first kappa shape index (κ1) is 11.4. The van der Waals surface area contributed by atoms with Gasteiger partial charge in [0.25, 0.3) is 0 Å². The predicted octanol–water partition coefficient (Wildman–Crippen LogP) is 2.41. The number of rotatable bonds is 2. The molecular weight excluding hydrogens is 242 g/mol. The summed E-state index contributed by atoms with van der Waals surface area (Å²) in [4.78, 5) is 23.1. The lowest BCUT2D eigenvalue weighted by Crippen LogP contribution is -2.01. The third kappa shape index (κ3) is 1.95. The van der Waals surface area contributed by atoms with E-state index in [1.807, 2.05) is 12.1 Å². The Labute approximate surface area is 109 Å². The third-order valence-corrected chi connectivity index (χ3v) is 2.92. The van der Waals surface area contributed by atoms with Crippen molar-refractivity contribution in [3.05, 3.63) is 48.5 Å². The lowest BCUT2D eigenvalue weighted by molar-refractivity contribution is 0.0601. The number of aromatic amines is 1. The Kier molecular flexibility index (Phi) is 2.72. The molecule has 0 bridgehead atoms. The molecule has 2 aromatic heterocycles. The quantitative estimate of drug-likeness (QED) is 0.712. The van der Waals surface area contributed by atoms with Crippen LogP contribution in [-0.2, 0) is 4.74 Å². The van der Waals surface area contributed by atoms with Crippen LogP contribution in [0.3, 0.4) is 0 Å². The number of benzene rings is 1. The zero-order chi connectivity index (χ0) is 13.2. The Morgan fingerprint density at radius 3 is 3.00 bits per heavy atom. The largest absolute Gasteiger partial charge is 0.465 e. The van der Waals surface area contributed by atoms with Gasteiger partial charge in [0.1, 0.15) is 0 Å². The van der Waals surface area contributed by atoms with Crippen molar-refractivity contribution in [1.82, 2.24) is 15.0 Å². The fourth-order valence-corrected chi connectivity index (χ4v) is 2.03. The number of H-pyrrole nitrogens is 1. The molecule has 0 spiro atoms. The Bertz CT molecular complexity index is 735. The van der Waals surface area contributed by atoms with Crippen molar-refractivity contribution in [2.24, 2.45) is 0 Å². The molecule has 2 heterocycles. The van der Waals surface area contributed by atoms with Crippen LogP contribution in [-0.4, -0.2) is 28.0 Å². The fraction of sp³-hybridized carbons (Fsp3) is 0.0714. The van der Waals surface area contributed by atoms with E-state index < -0.39 is 0 Å². The van der Waals surface area contributed by atoms with Crippen molar-refractivity contribution in [2.45, 2.75) is 0 Å². The van der Waals surface area contributed by atoms with Gasteiger partial charge in [0.05, 0.1) is 30.0 Å². The fourth-order valence-electron chi connectivity index (χ4n) is 2.03. The number of carbonyl (C=O) groups excluding carboxylic acids is 1. The highest BCUT2D eigenvalue weighted by Gasteiger charge is 2.13. The summed E-state index contributed by atoms with van der Waals surface area (Å²) in [6, 6.07) is 7.27. The van der Waals surface area contributed by atoms with Crippen LogP contribution in [0.4, 0.5) is 0 Å². The molecule has 0 fully saturated rings. The molecule has 0 saturated heterocycles. The van der Waals surface area contributed by atoms with Crippen molar-refractivity contribution < 1.29 is 9.53 Å². The third-order valence-electron chi connectivity index (χ3n) is 2.92. The molecule has 1 aromatic carbocycles. The zero-order valence-corrected chi connectivity index (χ0v) is 10.3. The van der Waals surface area contributed by atoms with Crippen LogP contribution in [0.25, 0.3) is 22.2 Å². The lowest BCUT2D eigenvalue weighted by atomic mass is 10.0. The Morgan fingerprint density at radius 2 is 2.26 bits per heavy atom. The van der Waals surface area contributed by atoms with Gasteiger partial charge < -0.3 is 9.72 Å². The van der Waals surface area contributed by atoms with E-state index in [2.05, 4.69) is 15.0 Å². The van der Waals surface area contributed by atoms with Crippen LogP contribution in [0.2, 0.25) is 0 Å². The minimum Gasteiger partial charge on any atom is -0.465 e. The van der Waals surface area contributed by atoms with Crippen LogP contribution in [0, 0.1) is 0 Å². The van der Waals surface area contributed by atoms with Crippen LogP contribution in [0.15, 0.2) is 43.0 Å². The Hall–Kier alpha value is -2.69. The Morgan fingerprint density at radius 1 is 1.37 bits per heavy atom. The second-order valence-corrected chi connectivity index (χ2v) is 4.06. The molecule has 1 N–H and O–H groups in total. The minimum absolute atomic E-state index is 0.373. The summed E-state index contributed by atoms with van der Waals surface area (Å²) < 4.78 is 4.76. The summed E-state index contributed by atoms with van der Waals surface area (Å²) >= 11 is 0. The van der Waals surface area contributed by atoms with E-state index >= 15 is 0 Å². The highest BCUT2D eigenvalue weighted by molar-refractivity contribution is 6.00. The molecule has 0 saturated carbocycles. The second kappa shape index (κ2) is 4.53. The van der Waals surface area contributed by atoms with E-state index in [1.165, 1.54) is 7.11 Å². The maximum atomic E-state index is 11.7. The van der Waals surface area contributed by atoms with Gasteiger partial charge in [0.15, 0.2) is 0 Å². The van der Waals surface area contributed by atoms with Crippen molar-refractivity contribution in [2.75, 3.05) is 7.11 Å². The summed E-state index contributed by atoms with van der Waals surface area (Å²) in [7, 11) is 1.36. The number of imidazole rings is 1. The van der Waals surface area contributed by atoms with Gasteiger partial charge in [-0.15, -0.1) is 0 Å². The number of aromatic nitrogens is 3. The maximum Gasteiger partial charge on any atom is 0.337 e.